The van der Waals surface area contributed by atoms with E-state index in [0.29, 0.717) is 6.42 Å². The van der Waals surface area contributed by atoms with E-state index in [1.165, 1.54) is 11.1 Å². The normalized spacial score (nSPS) is 10.5. The Morgan fingerprint density at radius 2 is 1.88 bits per heavy atom. The van der Waals surface area contributed by atoms with Gasteiger partial charge in [0.2, 0.25) is 5.91 Å². The van der Waals surface area contributed by atoms with Gasteiger partial charge in [-0.15, -0.1) is 0 Å². The summed E-state index contributed by atoms with van der Waals surface area (Å²) in [6.07, 6.45) is 0.322. The van der Waals surface area contributed by atoms with Gasteiger partial charge in [0.1, 0.15) is 5.75 Å². The predicted octanol–water partition coefficient (Wildman–Crippen LogP) is 1.45. The first-order chi connectivity index (χ1) is 7.93. The predicted molar refractivity (Wildman–Crippen MR) is 68.0 cm³/mol. The monoisotopic (exact) mass is 236 g/mol. The van der Waals surface area contributed by atoms with Crippen molar-refractivity contribution < 1.29 is 9.53 Å². The van der Waals surface area contributed by atoms with E-state index in [1.807, 2.05) is 26.0 Å². The summed E-state index contributed by atoms with van der Waals surface area (Å²) in [5, 5.41) is 1.63. The van der Waals surface area contributed by atoms with Crippen molar-refractivity contribution in [3.8, 4) is 5.75 Å². The van der Waals surface area contributed by atoms with Crippen LogP contribution in [-0.4, -0.2) is 32.1 Å². The van der Waals surface area contributed by atoms with E-state index in [4.69, 9.17) is 4.74 Å². The fraction of sp³-hybridized carbons (Fsp3) is 0.462. The topological polar surface area (TPSA) is 41.6 Å². The molecule has 0 aliphatic rings. The highest BCUT2D eigenvalue weighted by molar-refractivity contribution is 5.79. The Labute approximate surface area is 103 Å². The average Bonchev–Trinajstić information content (AvgIpc) is 2.21. The molecule has 0 fully saturated rings. The summed E-state index contributed by atoms with van der Waals surface area (Å²) in [6, 6.07) is 3.97. The number of carbonyl (C=O) groups is 1. The molecule has 0 aliphatic heterocycles. The standard InChI is InChI=1S/C13H20N2O2/c1-9-6-11(8-13(16)14-15(3)4)12(17-5)7-10(9)2/h6-7H,8H2,1-5H3,(H,14,16). The Morgan fingerprint density at radius 3 is 2.41 bits per heavy atom. The number of rotatable bonds is 4. The summed E-state index contributed by atoms with van der Waals surface area (Å²) in [5.74, 6) is 0.721. The first-order valence-electron chi connectivity index (χ1n) is 5.55. The molecule has 0 bridgehead atoms. The molecular formula is C13H20N2O2. The quantitative estimate of drug-likeness (QED) is 0.804. The second-order valence-electron chi connectivity index (χ2n) is 4.35. The Bertz CT molecular complexity index is 414. The van der Waals surface area contributed by atoms with Crippen LogP contribution in [0.3, 0.4) is 0 Å². The van der Waals surface area contributed by atoms with E-state index in [2.05, 4.69) is 5.43 Å². The molecule has 17 heavy (non-hydrogen) atoms. The molecule has 1 N–H and O–H groups in total. The number of amides is 1. The lowest BCUT2D eigenvalue weighted by Gasteiger charge is -2.14. The van der Waals surface area contributed by atoms with Crippen LogP contribution in [0.25, 0.3) is 0 Å². The molecule has 1 aromatic carbocycles. The lowest BCUT2D eigenvalue weighted by atomic mass is 10.0. The molecule has 0 aromatic heterocycles. The molecule has 0 atom stereocenters. The molecular weight excluding hydrogens is 216 g/mol. The van der Waals surface area contributed by atoms with Gasteiger partial charge in [0.15, 0.2) is 0 Å². The number of aryl methyl sites for hydroxylation is 2. The molecule has 0 spiro atoms. The molecule has 0 unspecified atom stereocenters. The lowest BCUT2D eigenvalue weighted by Crippen LogP contribution is -2.37. The van der Waals surface area contributed by atoms with E-state index in [9.17, 15) is 4.79 Å². The molecule has 94 valence electrons. The summed E-state index contributed by atoms with van der Waals surface area (Å²) < 4.78 is 5.29. The summed E-state index contributed by atoms with van der Waals surface area (Å²) in [4.78, 5) is 11.7. The maximum atomic E-state index is 11.7. The van der Waals surface area contributed by atoms with Crippen LogP contribution >= 0.6 is 0 Å². The fourth-order valence-electron chi connectivity index (χ4n) is 1.64. The van der Waals surface area contributed by atoms with Gasteiger partial charge in [-0.2, -0.15) is 0 Å². The Kier molecular flexibility index (Phi) is 4.52. The molecule has 0 radical (unpaired) electrons. The van der Waals surface area contributed by atoms with Crippen molar-refractivity contribution in [2.75, 3.05) is 21.2 Å². The first-order valence-corrected chi connectivity index (χ1v) is 5.55. The number of benzene rings is 1. The molecule has 4 heteroatoms. The number of methoxy groups -OCH3 is 1. The number of ether oxygens (including phenoxy) is 1. The van der Waals surface area contributed by atoms with Gasteiger partial charge >= 0.3 is 0 Å². The van der Waals surface area contributed by atoms with E-state index >= 15 is 0 Å². The molecule has 4 nitrogen and oxygen atoms in total. The van der Waals surface area contributed by atoms with Crippen molar-refractivity contribution in [1.29, 1.82) is 0 Å². The van der Waals surface area contributed by atoms with E-state index in [0.717, 1.165) is 11.3 Å². The summed E-state index contributed by atoms with van der Waals surface area (Å²) in [5.41, 5.74) is 5.96. The van der Waals surface area contributed by atoms with Crippen LogP contribution in [-0.2, 0) is 11.2 Å². The highest BCUT2D eigenvalue weighted by Crippen LogP contribution is 2.23. The van der Waals surface area contributed by atoms with Gasteiger partial charge in [0.25, 0.3) is 0 Å². The molecule has 0 saturated carbocycles. The minimum Gasteiger partial charge on any atom is -0.496 e. The highest BCUT2D eigenvalue weighted by Gasteiger charge is 2.10. The summed E-state index contributed by atoms with van der Waals surface area (Å²) in [6.45, 7) is 4.06. The lowest BCUT2D eigenvalue weighted by molar-refractivity contribution is -0.124. The summed E-state index contributed by atoms with van der Waals surface area (Å²) >= 11 is 0. The van der Waals surface area contributed by atoms with Crippen LogP contribution in [0.2, 0.25) is 0 Å². The Balaban J connectivity index is 2.90. The van der Waals surface area contributed by atoms with Gasteiger partial charge < -0.3 is 4.74 Å². The van der Waals surface area contributed by atoms with Crippen LogP contribution in [0.4, 0.5) is 0 Å². The maximum absolute atomic E-state index is 11.7. The second-order valence-corrected chi connectivity index (χ2v) is 4.35. The van der Waals surface area contributed by atoms with Crippen LogP contribution in [0.15, 0.2) is 12.1 Å². The third kappa shape index (κ3) is 3.75. The molecule has 0 heterocycles. The minimum atomic E-state index is -0.0449. The minimum absolute atomic E-state index is 0.0449. The number of nitrogens with zero attached hydrogens (tertiary/aromatic N) is 1. The van der Waals surface area contributed by atoms with Crippen LogP contribution in [0, 0.1) is 13.8 Å². The number of nitrogens with one attached hydrogen (secondary N) is 1. The largest absolute Gasteiger partial charge is 0.496 e. The molecule has 1 aromatic rings. The zero-order valence-electron chi connectivity index (χ0n) is 11.1. The van der Waals surface area contributed by atoms with Crippen LogP contribution in [0.5, 0.6) is 5.75 Å². The molecule has 0 saturated heterocycles. The number of hydrogen-bond acceptors (Lipinski definition) is 3. The maximum Gasteiger partial charge on any atom is 0.238 e. The van der Waals surface area contributed by atoms with E-state index in [-0.39, 0.29) is 5.91 Å². The van der Waals surface area contributed by atoms with Gasteiger partial charge in [-0.05, 0) is 31.0 Å². The van der Waals surface area contributed by atoms with Crippen molar-refractivity contribution >= 4 is 5.91 Å². The SMILES string of the molecule is COc1cc(C)c(C)cc1CC(=O)NN(C)C. The summed E-state index contributed by atoms with van der Waals surface area (Å²) in [7, 11) is 5.20. The van der Waals surface area contributed by atoms with E-state index in [1.54, 1.807) is 26.2 Å². The van der Waals surface area contributed by atoms with Crippen molar-refractivity contribution in [1.82, 2.24) is 10.4 Å². The highest BCUT2D eigenvalue weighted by atomic mass is 16.5. The van der Waals surface area contributed by atoms with Crippen molar-refractivity contribution in [2.45, 2.75) is 20.3 Å². The zero-order valence-corrected chi connectivity index (χ0v) is 11.1. The van der Waals surface area contributed by atoms with Gasteiger partial charge in [-0.25, -0.2) is 5.01 Å². The third-order valence-electron chi connectivity index (χ3n) is 2.60. The fourth-order valence-corrected chi connectivity index (χ4v) is 1.64. The van der Waals surface area contributed by atoms with Gasteiger partial charge in [-0.1, -0.05) is 6.07 Å². The van der Waals surface area contributed by atoms with Crippen LogP contribution < -0.4 is 10.2 Å². The van der Waals surface area contributed by atoms with E-state index < -0.39 is 0 Å². The number of carbonyl (C=O) groups excluding carboxylic acids is 1. The number of hydrogen-bond donors (Lipinski definition) is 1. The first kappa shape index (κ1) is 13.5. The second kappa shape index (κ2) is 5.68. The smallest absolute Gasteiger partial charge is 0.238 e. The molecule has 1 amide bonds. The average molecular weight is 236 g/mol. The van der Waals surface area contributed by atoms with Crippen molar-refractivity contribution in [3.05, 3.63) is 28.8 Å². The van der Waals surface area contributed by atoms with Crippen molar-refractivity contribution in [3.63, 3.8) is 0 Å². The third-order valence-corrected chi connectivity index (χ3v) is 2.60. The Hall–Kier alpha value is -1.55. The van der Waals surface area contributed by atoms with Gasteiger partial charge in [0, 0.05) is 19.7 Å². The Morgan fingerprint density at radius 1 is 1.29 bits per heavy atom. The molecule has 1 rings (SSSR count). The van der Waals surface area contributed by atoms with Gasteiger partial charge in [-0.3, -0.25) is 10.2 Å². The number of hydrazine groups is 1. The zero-order chi connectivity index (χ0) is 13.0. The molecule has 0 aliphatic carbocycles. The van der Waals surface area contributed by atoms with Gasteiger partial charge in [0.05, 0.1) is 13.5 Å². The van der Waals surface area contributed by atoms with Crippen LogP contribution in [0.1, 0.15) is 16.7 Å². The van der Waals surface area contributed by atoms with Crippen molar-refractivity contribution in [2.24, 2.45) is 0 Å².